The predicted molar refractivity (Wildman–Crippen MR) is 87.5 cm³/mol. The third kappa shape index (κ3) is 3.88. The molecule has 6 nitrogen and oxygen atoms in total. The molecule has 0 radical (unpaired) electrons. The van der Waals surface area contributed by atoms with Gasteiger partial charge in [-0.2, -0.15) is 0 Å². The normalized spacial score (nSPS) is 11.9. The average Bonchev–Trinajstić information content (AvgIpc) is 2.84. The molecule has 120 valence electrons. The molecular formula is C16H16N2O4S. The number of oxazole rings is 1. The van der Waals surface area contributed by atoms with Gasteiger partial charge in [0.05, 0.1) is 11.3 Å². The van der Waals surface area contributed by atoms with Gasteiger partial charge in [0.2, 0.25) is 10.0 Å². The summed E-state index contributed by atoms with van der Waals surface area (Å²) in [5, 5.41) is 0. The van der Waals surface area contributed by atoms with E-state index in [0.717, 1.165) is 11.1 Å². The number of hydrogen-bond acceptors (Lipinski definition) is 4. The molecule has 23 heavy (non-hydrogen) atoms. The lowest BCUT2D eigenvalue weighted by molar-refractivity contribution is 0.554. The van der Waals surface area contributed by atoms with Crippen molar-refractivity contribution in [2.24, 2.45) is 0 Å². The van der Waals surface area contributed by atoms with Crippen LogP contribution in [0.15, 0.2) is 51.7 Å². The Hall–Kier alpha value is -2.38. The van der Waals surface area contributed by atoms with Crippen LogP contribution in [0.25, 0.3) is 11.1 Å². The van der Waals surface area contributed by atoms with Crippen molar-refractivity contribution in [2.75, 3.05) is 0 Å². The Labute approximate surface area is 133 Å². The molecular weight excluding hydrogens is 316 g/mol. The molecule has 0 spiro atoms. The number of aryl methyl sites for hydroxylation is 1. The van der Waals surface area contributed by atoms with Crippen LogP contribution in [0.1, 0.15) is 16.7 Å². The summed E-state index contributed by atoms with van der Waals surface area (Å²) in [6.07, 6.45) is 0. The zero-order chi connectivity index (χ0) is 16.4. The monoisotopic (exact) mass is 332 g/mol. The number of aromatic amines is 1. The van der Waals surface area contributed by atoms with Gasteiger partial charge in [0.1, 0.15) is 0 Å². The third-order valence-electron chi connectivity index (χ3n) is 3.42. The molecule has 0 fully saturated rings. The van der Waals surface area contributed by atoms with Crippen LogP contribution >= 0.6 is 0 Å². The smallest absolute Gasteiger partial charge is 0.408 e. The predicted octanol–water partition coefficient (Wildman–Crippen LogP) is 2.05. The molecule has 3 rings (SSSR count). The highest BCUT2D eigenvalue weighted by atomic mass is 32.2. The van der Waals surface area contributed by atoms with Crippen molar-refractivity contribution in [1.82, 2.24) is 9.71 Å². The number of nitrogens with one attached hydrogen (secondary N) is 2. The van der Waals surface area contributed by atoms with Crippen molar-refractivity contribution >= 4 is 21.1 Å². The van der Waals surface area contributed by atoms with E-state index in [1.165, 1.54) is 0 Å². The van der Waals surface area contributed by atoms with E-state index in [1.54, 1.807) is 24.3 Å². The highest BCUT2D eigenvalue weighted by molar-refractivity contribution is 7.88. The van der Waals surface area contributed by atoms with Gasteiger partial charge in [0.15, 0.2) is 5.58 Å². The summed E-state index contributed by atoms with van der Waals surface area (Å²) < 4.78 is 31.8. The Morgan fingerprint density at radius 1 is 1.13 bits per heavy atom. The molecule has 3 aromatic rings. The number of benzene rings is 2. The van der Waals surface area contributed by atoms with Crippen molar-refractivity contribution in [3.05, 3.63) is 69.7 Å². The summed E-state index contributed by atoms with van der Waals surface area (Å²) in [5.41, 5.74) is 3.47. The van der Waals surface area contributed by atoms with Gasteiger partial charge in [-0.25, -0.2) is 17.9 Å². The molecule has 2 aromatic carbocycles. The van der Waals surface area contributed by atoms with Crippen LogP contribution in [0, 0.1) is 6.92 Å². The van der Waals surface area contributed by atoms with Crippen molar-refractivity contribution in [2.45, 2.75) is 19.2 Å². The van der Waals surface area contributed by atoms with Gasteiger partial charge >= 0.3 is 5.76 Å². The van der Waals surface area contributed by atoms with E-state index in [1.807, 2.05) is 25.1 Å². The Morgan fingerprint density at radius 2 is 1.96 bits per heavy atom. The van der Waals surface area contributed by atoms with Crippen molar-refractivity contribution in [3.63, 3.8) is 0 Å². The number of fused-ring (bicyclic) bond motifs is 1. The van der Waals surface area contributed by atoms with Crippen LogP contribution in [0.3, 0.4) is 0 Å². The Bertz CT molecular complexity index is 1000. The van der Waals surface area contributed by atoms with Gasteiger partial charge in [-0.05, 0) is 30.2 Å². The van der Waals surface area contributed by atoms with Gasteiger partial charge in [-0.3, -0.25) is 4.98 Å². The van der Waals surface area contributed by atoms with Crippen molar-refractivity contribution in [3.8, 4) is 0 Å². The molecule has 0 aliphatic carbocycles. The van der Waals surface area contributed by atoms with Crippen LogP contribution < -0.4 is 10.5 Å². The third-order valence-corrected chi connectivity index (χ3v) is 4.72. The standard InChI is InChI=1S/C16H16N2O4S/c1-11-3-2-4-13(7-11)10-23(20,21)17-9-12-5-6-14-15(8-12)22-16(19)18-14/h2-8,17H,9-10H2,1H3,(H,18,19). The van der Waals surface area contributed by atoms with E-state index in [-0.39, 0.29) is 12.3 Å². The first-order valence-corrected chi connectivity index (χ1v) is 8.71. The Kier molecular flexibility index (Phi) is 4.06. The highest BCUT2D eigenvalue weighted by Crippen LogP contribution is 2.13. The molecule has 0 bridgehead atoms. The second-order valence-electron chi connectivity index (χ2n) is 5.41. The molecule has 0 saturated carbocycles. The van der Waals surface area contributed by atoms with E-state index in [4.69, 9.17) is 4.42 Å². The molecule has 0 saturated heterocycles. The fourth-order valence-electron chi connectivity index (χ4n) is 2.37. The first kappa shape index (κ1) is 15.5. The number of rotatable bonds is 5. The van der Waals surface area contributed by atoms with Gasteiger partial charge in [0.25, 0.3) is 0 Å². The van der Waals surface area contributed by atoms with Crippen molar-refractivity contribution in [1.29, 1.82) is 0 Å². The second kappa shape index (κ2) is 6.02. The largest absolute Gasteiger partial charge is 0.417 e. The van der Waals surface area contributed by atoms with Crippen LogP contribution in [-0.4, -0.2) is 13.4 Å². The lowest BCUT2D eigenvalue weighted by Crippen LogP contribution is -2.24. The molecule has 0 atom stereocenters. The first-order chi connectivity index (χ1) is 10.9. The minimum absolute atomic E-state index is 0.0733. The van der Waals surface area contributed by atoms with Crippen LogP contribution in [0.5, 0.6) is 0 Å². The molecule has 2 N–H and O–H groups in total. The van der Waals surface area contributed by atoms with E-state index in [9.17, 15) is 13.2 Å². The fraction of sp³-hybridized carbons (Fsp3) is 0.188. The van der Waals surface area contributed by atoms with Gasteiger partial charge in [0, 0.05) is 6.54 Å². The minimum atomic E-state index is -3.45. The van der Waals surface area contributed by atoms with Crippen LogP contribution in [-0.2, 0) is 22.3 Å². The minimum Gasteiger partial charge on any atom is -0.408 e. The molecule has 1 aromatic heterocycles. The first-order valence-electron chi connectivity index (χ1n) is 7.06. The average molecular weight is 332 g/mol. The summed E-state index contributed by atoms with van der Waals surface area (Å²) in [7, 11) is -3.45. The van der Waals surface area contributed by atoms with Crippen molar-refractivity contribution < 1.29 is 12.8 Å². The van der Waals surface area contributed by atoms with E-state index in [2.05, 4.69) is 9.71 Å². The lowest BCUT2D eigenvalue weighted by atomic mass is 10.2. The van der Waals surface area contributed by atoms with Gasteiger partial charge in [-0.15, -0.1) is 0 Å². The molecule has 7 heteroatoms. The van der Waals surface area contributed by atoms with Gasteiger partial charge < -0.3 is 4.42 Å². The maximum Gasteiger partial charge on any atom is 0.417 e. The molecule has 0 aliphatic heterocycles. The maximum absolute atomic E-state index is 12.2. The number of sulfonamides is 1. The topological polar surface area (TPSA) is 92.2 Å². The highest BCUT2D eigenvalue weighted by Gasteiger charge is 2.12. The molecule has 1 heterocycles. The van der Waals surface area contributed by atoms with Gasteiger partial charge in [-0.1, -0.05) is 35.9 Å². The summed E-state index contributed by atoms with van der Waals surface area (Å²) in [6, 6.07) is 12.5. The van der Waals surface area contributed by atoms with Crippen LogP contribution in [0.4, 0.5) is 0 Å². The van der Waals surface area contributed by atoms with E-state index in [0.29, 0.717) is 16.7 Å². The second-order valence-corrected chi connectivity index (χ2v) is 7.22. The summed E-state index contributed by atoms with van der Waals surface area (Å²) in [6.45, 7) is 2.06. The fourth-order valence-corrected chi connectivity index (χ4v) is 3.47. The summed E-state index contributed by atoms with van der Waals surface area (Å²) in [5.74, 6) is -0.604. The zero-order valence-corrected chi connectivity index (χ0v) is 13.3. The number of H-pyrrole nitrogens is 1. The molecule has 0 amide bonds. The van der Waals surface area contributed by atoms with E-state index >= 15 is 0 Å². The number of hydrogen-bond donors (Lipinski definition) is 2. The maximum atomic E-state index is 12.2. The Balaban J connectivity index is 1.71. The Morgan fingerprint density at radius 3 is 2.74 bits per heavy atom. The SMILES string of the molecule is Cc1cccc(CS(=O)(=O)NCc2ccc3[nH]c(=O)oc3c2)c1. The zero-order valence-electron chi connectivity index (χ0n) is 12.5. The quantitative estimate of drug-likeness (QED) is 0.748. The molecule has 0 aliphatic rings. The number of aromatic nitrogens is 1. The lowest BCUT2D eigenvalue weighted by Gasteiger charge is -2.07. The van der Waals surface area contributed by atoms with Crippen LogP contribution in [0.2, 0.25) is 0 Å². The van der Waals surface area contributed by atoms with E-state index < -0.39 is 15.8 Å². The molecule has 0 unspecified atom stereocenters. The summed E-state index contributed by atoms with van der Waals surface area (Å²) >= 11 is 0. The summed E-state index contributed by atoms with van der Waals surface area (Å²) in [4.78, 5) is 13.6.